The molecule has 0 radical (unpaired) electrons. The molecule has 0 spiro atoms. The Morgan fingerprint density at radius 3 is 2.00 bits per heavy atom. The molecule has 1 heterocycles. The minimum atomic E-state index is -1.20. The van der Waals surface area contributed by atoms with Gasteiger partial charge < -0.3 is 20.1 Å². The molecule has 4 nitrogen and oxygen atoms in total. The molecule has 8 heavy (non-hydrogen) atoms. The summed E-state index contributed by atoms with van der Waals surface area (Å²) in [6.07, 6.45) is -3.26. The Bertz CT molecular complexity index is 74.1. The molecule has 0 aromatic rings. The monoisotopic (exact) mass is 120 g/mol. The Morgan fingerprint density at radius 1 is 1.25 bits per heavy atom. The summed E-state index contributed by atoms with van der Waals surface area (Å²) in [6, 6.07) is 0. The van der Waals surface area contributed by atoms with Crippen LogP contribution in [-0.4, -0.2) is 40.4 Å². The fourth-order valence-corrected chi connectivity index (χ4v) is 0.584. The van der Waals surface area contributed by atoms with Gasteiger partial charge in [-0.25, -0.2) is 0 Å². The molecule has 1 rings (SSSR count). The average Bonchev–Trinajstić information content (AvgIpc) is 1.98. The van der Waals surface area contributed by atoms with Crippen LogP contribution in [0.5, 0.6) is 0 Å². The third-order valence-corrected chi connectivity index (χ3v) is 1.12. The summed E-state index contributed by atoms with van der Waals surface area (Å²) in [5.74, 6) is 0. The number of ether oxygens (including phenoxy) is 1. The highest BCUT2D eigenvalue weighted by molar-refractivity contribution is 4.75. The number of hydrogen-bond donors (Lipinski definition) is 3. The lowest BCUT2D eigenvalue weighted by atomic mass is 10.2. The lowest BCUT2D eigenvalue weighted by Crippen LogP contribution is -2.29. The van der Waals surface area contributed by atoms with Crippen molar-refractivity contribution in [1.82, 2.24) is 0 Å². The molecular weight excluding hydrogens is 112 g/mol. The Morgan fingerprint density at radius 2 is 1.88 bits per heavy atom. The average molecular weight is 120 g/mol. The molecule has 0 amide bonds. The van der Waals surface area contributed by atoms with E-state index in [9.17, 15) is 0 Å². The molecule has 0 aromatic heterocycles. The number of aliphatic hydroxyl groups excluding tert-OH is 3. The highest BCUT2D eigenvalue weighted by atomic mass is 16.6. The van der Waals surface area contributed by atoms with Crippen molar-refractivity contribution in [3.8, 4) is 0 Å². The summed E-state index contributed by atoms with van der Waals surface area (Å²) in [7, 11) is 0. The van der Waals surface area contributed by atoms with E-state index in [1.54, 1.807) is 0 Å². The summed E-state index contributed by atoms with van der Waals surface area (Å²) < 4.78 is 4.43. The SMILES string of the molecule is O[C@@H]1[C@H](O)CO[C@H]1O. The summed E-state index contributed by atoms with van der Waals surface area (Å²) in [5.41, 5.74) is 0. The van der Waals surface area contributed by atoms with Gasteiger partial charge in [-0.15, -0.1) is 0 Å². The maximum Gasteiger partial charge on any atom is 0.183 e. The van der Waals surface area contributed by atoms with E-state index in [4.69, 9.17) is 15.3 Å². The summed E-state index contributed by atoms with van der Waals surface area (Å²) >= 11 is 0. The lowest BCUT2D eigenvalue weighted by molar-refractivity contribution is -0.111. The normalized spacial score (nSPS) is 47.6. The van der Waals surface area contributed by atoms with Crippen molar-refractivity contribution in [2.45, 2.75) is 18.5 Å². The first kappa shape index (κ1) is 5.97. The molecule has 1 saturated heterocycles. The van der Waals surface area contributed by atoms with Crippen LogP contribution in [0, 0.1) is 0 Å². The maximum atomic E-state index is 8.64. The number of rotatable bonds is 0. The molecule has 0 unspecified atom stereocenters. The van der Waals surface area contributed by atoms with E-state index in [0.717, 1.165) is 0 Å². The second kappa shape index (κ2) is 1.99. The lowest BCUT2D eigenvalue weighted by Gasteiger charge is -2.06. The fourth-order valence-electron chi connectivity index (χ4n) is 0.584. The van der Waals surface area contributed by atoms with Gasteiger partial charge in [-0.1, -0.05) is 0 Å². The van der Waals surface area contributed by atoms with Gasteiger partial charge in [0.25, 0.3) is 0 Å². The first-order valence-electron chi connectivity index (χ1n) is 2.37. The molecule has 48 valence electrons. The van der Waals surface area contributed by atoms with Gasteiger partial charge in [0.15, 0.2) is 6.29 Å². The molecule has 3 N–H and O–H groups in total. The molecule has 0 aliphatic carbocycles. The molecule has 4 heteroatoms. The highest BCUT2D eigenvalue weighted by Crippen LogP contribution is 2.10. The van der Waals surface area contributed by atoms with Crippen LogP contribution in [0.2, 0.25) is 0 Å². The van der Waals surface area contributed by atoms with E-state index in [-0.39, 0.29) is 6.61 Å². The molecular formula is C4H8O4. The quantitative estimate of drug-likeness (QED) is 0.348. The van der Waals surface area contributed by atoms with Gasteiger partial charge in [-0.3, -0.25) is 0 Å². The van der Waals surface area contributed by atoms with Crippen LogP contribution in [-0.2, 0) is 4.74 Å². The number of aliphatic hydroxyl groups is 3. The fraction of sp³-hybridized carbons (Fsp3) is 1.00. The van der Waals surface area contributed by atoms with E-state index >= 15 is 0 Å². The largest absolute Gasteiger partial charge is 0.388 e. The van der Waals surface area contributed by atoms with Gasteiger partial charge in [0, 0.05) is 0 Å². The van der Waals surface area contributed by atoms with Crippen molar-refractivity contribution in [1.29, 1.82) is 0 Å². The third-order valence-electron chi connectivity index (χ3n) is 1.12. The second-order valence-electron chi connectivity index (χ2n) is 1.78. The zero-order chi connectivity index (χ0) is 6.15. The number of hydrogen-bond acceptors (Lipinski definition) is 4. The van der Waals surface area contributed by atoms with Crippen molar-refractivity contribution >= 4 is 0 Å². The Hall–Kier alpha value is -0.160. The third kappa shape index (κ3) is 0.830. The van der Waals surface area contributed by atoms with Gasteiger partial charge in [-0.2, -0.15) is 0 Å². The summed E-state index contributed by atoms with van der Waals surface area (Å²) in [4.78, 5) is 0. The molecule has 3 atom stereocenters. The first-order chi connectivity index (χ1) is 3.72. The van der Waals surface area contributed by atoms with Crippen molar-refractivity contribution in [3.05, 3.63) is 0 Å². The van der Waals surface area contributed by atoms with Crippen molar-refractivity contribution in [2.24, 2.45) is 0 Å². The second-order valence-corrected chi connectivity index (χ2v) is 1.78. The highest BCUT2D eigenvalue weighted by Gasteiger charge is 2.32. The first-order valence-corrected chi connectivity index (χ1v) is 2.37. The van der Waals surface area contributed by atoms with Crippen LogP contribution in [0.1, 0.15) is 0 Å². The maximum absolute atomic E-state index is 8.64. The van der Waals surface area contributed by atoms with Gasteiger partial charge >= 0.3 is 0 Å². The van der Waals surface area contributed by atoms with E-state index in [2.05, 4.69) is 4.74 Å². The predicted molar refractivity (Wildman–Crippen MR) is 24.0 cm³/mol. The van der Waals surface area contributed by atoms with Crippen LogP contribution >= 0.6 is 0 Å². The summed E-state index contributed by atoms with van der Waals surface area (Å²) in [5, 5.41) is 25.8. The summed E-state index contributed by atoms with van der Waals surface area (Å²) in [6.45, 7) is 0.0162. The van der Waals surface area contributed by atoms with Crippen LogP contribution < -0.4 is 0 Å². The van der Waals surface area contributed by atoms with Crippen molar-refractivity contribution in [2.75, 3.05) is 6.61 Å². The van der Waals surface area contributed by atoms with Crippen LogP contribution in [0.15, 0.2) is 0 Å². The molecule has 1 aliphatic rings. The minimum Gasteiger partial charge on any atom is -0.388 e. The Labute approximate surface area is 46.3 Å². The smallest absolute Gasteiger partial charge is 0.183 e. The van der Waals surface area contributed by atoms with Crippen LogP contribution in [0.3, 0.4) is 0 Å². The van der Waals surface area contributed by atoms with Gasteiger partial charge in [0.05, 0.1) is 6.61 Å². The van der Waals surface area contributed by atoms with E-state index in [1.165, 1.54) is 0 Å². The molecule has 1 aliphatic heterocycles. The van der Waals surface area contributed by atoms with E-state index in [0.29, 0.717) is 0 Å². The van der Waals surface area contributed by atoms with Gasteiger partial charge in [-0.05, 0) is 0 Å². The minimum absolute atomic E-state index is 0.0162. The van der Waals surface area contributed by atoms with E-state index < -0.39 is 18.5 Å². The van der Waals surface area contributed by atoms with Crippen molar-refractivity contribution < 1.29 is 20.1 Å². The molecule has 0 bridgehead atoms. The Balaban J connectivity index is 2.44. The predicted octanol–water partition coefficient (Wildman–Crippen LogP) is -1.94. The van der Waals surface area contributed by atoms with Gasteiger partial charge in [0.2, 0.25) is 0 Å². The van der Waals surface area contributed by atoms with Gasteiger partial charge in [0.1, 0.15) is 12.2 Å². The van der Waals surface area contributed by atoms with Crippen LogP contribution in [0.4, 0.5) is 0 Å². The standard InChI is InChI=1S/C4H8O4/c5-2-1-8-4(7)3(2)6/h2-7H,1H2/t2-,3-,4-/m1/s1. The molecule has 1 fully saturated rings. The zero-order valence-corrected chi connectivity index (χ0v) is 4.19. The molecule has 0 saturated carbocycles. The molecule has 0 aromatic carbocycles. The Kier molecular flexibility index (Phi) is 1.48. The zero-order valence-electron chi connectivity index (χ0n) is 4.19. The topological polar surface area (TPSA) is 69.9 Å². The van der Waals surface area contributed by atoms with E-state index in [1.807, 2.05) is 0 Å². The van der Waals surface area contributed by atoms with Crippen molar-refractivity contribution in [3.63, 3.8) is 0 Å². The van der Waals surface area contributed by atoms with Crippen LogP contribution in [0.25, 0.3) is 0 Å².